The zero-order valence-electron chi connectivity index (χ0n) is 9.49. The van der Waals surface area contributed by atoms with Gasteiger partial charge in [0.05, 0.1) is 0 Å². The Morgan fingerprint density at radius 3 is 2.07 bits per heavy atom. The third-order valence-electron chi connectivity index (χ3n) is 6.65. The minimum absolute atomic E-state index is 0.813. The number of fused-ring (bicyclic) bond motifs is 9. The van der Waals surface area contributed by atoms with Gasteiger partial charge in [0.2, 0.25) is 0 Å². The monoisotopic (exact) mass is 222 g/mol. The second kappa shape index (κ2) is 2.97. The molecule has 0 spiro atoms. The SMILES string of the molecule is SCCC12C3CCC(C3)C1C1CCC2C1. The fraction of sp³-hybridized carbons (Fsp3) is 1.00. The number of thiol groups is 1. The van der Waals surface area contributed by atoms with E-state index < -0.39 is 0 Å². The second-order valence-electron chi connectivity index (χ2n) is 6.65. The van der Waals surface area contributed by atoms with Crippen molar-refractivity contribution in [3.63, 3.8) is 0 Å². The summed E-state index contributed by atoms with van der Waals surface area (Å²) in [7, 11) is 0. The minimum Gasteiger partial charge on any atom is -0.179 e. The molecule has 0 aliphatic heterocycles. The Kier molecular flexibility index (Phi) is 1.86. The molecule has 4 aliphatic rings. The molecular weight excluding hydrogens is 200 g/mol. The van der Waals surface area contributed by atoms with Crippen LogP contribution in [0, 0.1) is 35.0 Å². The van der Waals surface area contributed by atoms with Crippen LogP contribution in [0.15, 0.2) is 0 Å². The first kappa shape index (κ1) is 9.39. The quantitative estimate of drug-likeness (QED) is 0.533. The van der Waals surface area contributed by atoms with Crippen LogP contribution in [-0.2, 0) is 0 Å². The molecule has 4 rings (SSSR count). The Bertz CT molecular complexity index is 263. The highest BCUT2D eigenvalue weighted by molar-refractivity contribution is 7.80. The molecule has 0 aromatic heterocycles. The first-order valence-corrected chi connectivity index (χ1v) is 7.60. The zero-order chi connectivity index (χ0) is 10.0. The van der Waals surface area contributed by atoms with Crippen LogP contribution < -0.4 is 0 Å². The van der Waals surface area contributed by atoms with Crippen molar-refractivity contribution in [1.82, 2.24) is 0 Å². The molecule has 4 saturated carbocycles. The molecule has 15 heavy (non-hydrogen) atoms. The van der Waals surface area contributed by atoms with E-state index in [-0.39, 0.29) is 0 Å². The smallest absolute Gasteiger partial charge is 0.00923 e. The Balaban J connectivity index is 1.78. The molecule has 4 atom stereocenters. The molecule has 0 aromatic rings. The molecular formula is C14H22S. The van der Waals surface area contributed by atoms with E-state index in [2.05, 4.69) is 12.6 Å². The number of hydrogen-bond acceptors (Lipinski definition) is 1. The average molecular weight is 222 g/mol. The van der Waals surface area contributed by atoms with Crippen LogP contribution in [-0.4, -0.2) is 5.75 Å². The van der Waals surface area contributed by atoms with Crippen LogP contribution in [0.4, 0.5) is 0 Å². The van der Waals surface area contributed by atoms with E-state index in [9.17, 15) is 0 Å². The van der Waals surface area contributed by atoms with Gasteiger partial charge in [-0.05, 0) is 85.7 Å². The summed E-state index contributed by atoms with van der Waals surface area (Å²) in [6.07, 6.45) is 10.9. The molecule has 84 valence electrons. The van der Waals surface area contributed by atoms with Crippen molar-refractivity contribution >= 4 is 12.6 Å². The molecule has 4 unspecified atom stereocenters. The summed E-state index contributed by atoms with van der Waals surface area (Å²) in [5.74, 6) is 6.82. The Morgan fingerprint density at radius 1 is 0.933 bits per heavy atom. The molecule has 0 heterocycles. The summed E-state index contributed by atoms with van der Waals surface area (Å²) in [5.41, 5.74) is 0.813. The van der Waals surface area contributed by atoms with Gasteiger partial charge < -0.3 is 0 Å². The summed E-state index contributed by atoms with van der Waals surface area (Å²) in [6.45, 7) is 0. The molecule has 4 bridgehead atoms. The summed E-state index contributed by atoms with van der Waals surface area (Å²) >= 11 is 4.56. The number of hydrogen-bond donors (Lipinski definition) is 1. The van der Waals surface area contributed by atoms with Crippen molar-refractivity contribution in [2.24, 2.45) is 35.0 Å². The van der Waals surface area contributed by atoms with E-state index in [1.165, 1.54) is 6.42 Å². The van der Waals surface area contributed by atoms with Crippen LogP contribution in [0.3, 0.4) is 0 Å². The summed E-state index contributed by atoms with van der Waals surface area (Å²) < 4.78 is 0. The van der Waals surface area contributed by atoms with Crippen molar-refractivity contribution in [1.29, 1.82) is 0 Å². The van der Waals surface area contributed by atoms with Gasteiger partial charge in [0.1, 0.15) is 0 Å². The normalized spacial score (nSPS) is 60.2. The third-order valence-corrected chi connectivity index (χ3v) is 6.87. The lowest BCUT2D eigenvalue weighted by Crippen LogP contribution is -2.41. The minimum atomic E-state index is 0.813. The molecule has 0 aromatic carbocycles. The average Bonchev–Trinajstić information content (AvgIpc) is 2.96. The lowest BCUT2D eigenvalue weighted by molar-refractivity contribution is 0.0170. The van der Waals surface area contributed by atoms with E-state index in [0.29, 0.717) is 0 Å². The van der Waals surface area contributed by atoms with Crippen molar-refractivity contribution in [2.75, 3.05) is 5.75 Å². The molecule has 0 radical (unpaired) electrons. The van der Waals surface area contributed by atoms with Crippen molar-refractivity contribution in [2.45, 2.75) is 44.9 Å². The van der Waals surface area contributed by atoms with Gasteiger partial charge in [0.25, 0.3) is 0 Å². The van der Waals surface area contributed by atoms with E-state index in [4.69, 9.17) is 0 Å². The van der Waals surface area contributed by atoms with Gasteiger partial charge in [-0.3, -0.25) is 0 Å². The predicted octanol–water partition coefficient (Wildman–Crippen LogP) is 3.77. The molecule has 0 nitrogen and oxygen atoms in total. The van der Waals surface area contributed by atoms with E-state index in [0.717, 1.165) is 40.8 Å². The van der Waals surface area contributed by atoms with Gasteiger partial charge >= 0.3 is 0 Å². The van der Waals surface area contributed by atoms with Crippen LogP contribution in [0.2, 0.25) is 0 Å². The van der Waals surface area contributed by atoms with Gasteiger partial charge in [-0.1, -0.05) is 0 Å². The van der Waals surface area contributed by atoms with Gasteiger partial charge in [-0.15, -0.1) is 0 Å². The predicted molar refractivity (Wildman–Crippen MR) is 66.1 cm³/mol. The first-order valence-electron chi connectivity index (χ1n) is 6.97. The molecule has 0 saturated heterocycles. The molecule has 4 fully saturated rings. The highest BCUT2D eigenvalue weighted by Crippen LogP contribution is 2.75. The van der Waals surface area contributed by atoms with Crippen molar-refractivity contribution in [3.8, 4) is 0 Å². The fourth-order valence-corrected chi connectivity index (χ4v) is 6.96. The summed E-state index contributed by atoms with van der Waals surface area (Å²) in [4.78, 5) is 0. The van der Waals surface area contributed by atoms with Crippen LogP contribution >= 0.6 is 12.6 Å². The molecule has 1 heteroatoms. The van der Waals surface area contributed by atoms with E-state index in [1.807, 2.05) is 0 Å². The maximum atomic E-state index is 4.56. The maximum Gasteiger partial charge on any atom is -0.00923 e. The van der Waals surface area contributed by atoms with E-state index >= 15 is 0 Å². The largest absolute Gasteiger partial charge is 0.179 e. The Labute approximate surface area is 98.6 Å². The van der Waals surface area contributed by atoms with Gasteiger partial charge in [0.15, 0.2) is 0 Å². The number of rotatable bonds is 2. The Morgan fingerprint density at radius 2 is 1.53 bits per heavy atom. The molecule has 0 N–H and O–H groups in total. The van der Waals surface area contributed by atoms with E-state index in [1.54, 1.807) is 38.5 Å². The lowest BCUT2D eigenvalue weighted by Gasteiger charge is -2.47. The summed E-state index contributed by atoms with van der Waals surface area (Å²) in [5, 5.41) is 0. The Hall–Kier alpha value is 0.350. The summed E-state index contributed by atoms with van der Waals surface area (Å²) in [6, 6.07) is 0. The van der Waals surface area contributed by atoms with Gasteiger partial charge in [-0.25, -0.2) is 0 Å². The van der Waals surface area contributed by atoms with Gasteiger partial charge in [0, 0.05) is 0 Å². The second-order valence-corrected chi connectivity index (χ2v) is 7.10. The van der Waals surface area contributed by atoms with Crippen LogP contribution in [0.1, 0.15) is 44.9 Å². The molecule has 0 amide bonds. The van der Waals surface area contributed by atoms with Crippen molar-refractivity contribution < 1.29 is 0 Å². The fourth-order valence-electron chi connectivity index (χ4n) is 6.57. The maximum absolute atomic E-state index is 4.56. The highest BCUT2D eigenvalue weighted by Gasteiger charge is 2.67. The lowest BCUT2D eigenvalue weighted by atomic mass is 9.58. The third kappa shape index (κ3) is 0.936. The molecule has 4 aliphatic carbocycles. The highest BCUT2D eigenvalue weighted by atomic mass is 32.1. The standard InChI is InChI=1S/C14H22S/c15-6-5-14-11-3-1-9(7-11)13(14)10-2-4-12(14)8-10/h9-13,15H,1-8H2. The van der Waals surface area contributed by atoms with Crippen molar-refractivity contribution in [3.05, 3.63) is 0 Å². The van der Waals surface area contributed by atoms with Crippen LogP contribution in [0.5, 0.6) is 0 Å². The van der Waals surface area contributed by atoms with Gasteiger partial charge in [-0.2, -0.15) is 12.6 Å². The van der Waals surface area contributed by atoms with Crippen LogP contribution in [0.25, 0.3) is 0 Å². The first-order chi connectivity index (χ1) is 7.36. The topological polar surface area (TPSA) is 0 Å². The zero-order valence-corrected chi connectivity index (χ0v) is 10.4.